The van der Waals surface area contributed by atoms with E-state index in [1.807, 2.05) is 30.7 Å². The first-order chi connectivity index (χ1) is 9.75. The molecular formula is C16H18N4. The molecule has 0 saturated carbocycles. The molecule has 0 aliphatic rings. The summed E-state index contributed by atoms with van der Waals surface area (Å²) in [5, 5.41) is 1.19. The van der Waals surface area contributed by atoms with Gasteiger partial charge in [-0.15, -0.1) is 0 Å². The van der Waals surface area contributed by atoms with Crippen molar-refractivity contribution in [1.29, 1.82) is 0 Å². The Kier molecular flexibility index (Phi) is 3.37. The van der Waals surface area contributed by atoms with E-state index in [0.717, 1.165) is 24.9 Å². The number of pyridine rings is 1. The second-order valence-corrected chi connectivity index (χ2v) is 5.02. The van der Waals surface area contributed by atoms with Gasteiger partial charge in [0.1, 0.15) is 5.82 Å². The number of fused-ring (bicyclic) bond motifs is 1. The van der Waals surface area contributed by atoms with Gasteiger partial charge in [-0.2, -0.15) is 0 Å². The normalized spacial score (nSPS) is 11.1. The highest BCUT2D eigenvalue weighted by molar-refractivity contribution is 5.85. The molecule has 0 fully saturated rings. The summed E-state index contributed by atoms with van der Waals surface area (Å²) >= 11 is 0. The number of hydrogen-bond acceptors (Lipinski definition) is 3. The predicted octanol–water partition coefficient (Wildman–Crippen LogP) is 2.95. The zero-order valence-electron chi connectivity index (χ0n) is 11.6. The fourth-order valence-electron chi connectivity index (χ4n) is 2.61. The molecule has 2 heterocycles. The third-order valence-electron chi connectivity index (χ3n) is 3.71. The molecule has 0 bridgehead atoms. The van der Waals surface area contributed by atoms with Crippen LogP contribution in [0, 0.1) is 6.92 Å². The number of aromatic nitrogens is 3. The average Bonchev–Trinajstić information content (AvgIpc) is 2.96. The van der Waals surface area contributed by atoms with E-state index in [2.05, 4.69) is 27.5 Å². The number of para-hydroxylation sites is 1. The van der Waals surface area contributed by atoms with Crippen molar-refractivity contribution in [2.24, 2.45) is 0 Å². The van der Waals surface area contributed by atoms with Crippen LogP contribution in [0.15, 0.2) is 43.0 Å². The molecule has 3 aromatic rings. The second-order valence-electron chi connectivity index (χ2n) is 5.02. The van der Waals surface area contributed by atoms with E-state index in [-0.39, 0.29) is 0 Å². The zero-order chi connectivity index (χ0) is 13.9. The van der Waals surface area contributed by atoms with Crippen molar-refractivity contribution >= 4 is 16.7 Å². The van der Waals surface area contributed by atoms with E-state index in [9.17, 15) is 0 Å². The number of rotatable bonds is 4. The summed E-state index contributed by atoms with van der Waals surface area (Å²) in [5.41, 5.74) is 9.51. The zero-order valence-corrected chi connectivity index (χ0v) is 11.6. The summed E-state index contributed by atoms with van der Waals surface area (Å²) in [7, 11) is 0. The van der Waals surface area contributed by atoms with Crippen LogP contribution in [0.4, 0.5) is 5.82 Å². The number of hydrogen-bond donors (Lipinski definition) is 1. The molecule has 0 amide bonds. The van der Waals surface area contributed by atoms with Crippen LogP contribution >= 0.6 is 0 Å². The van der Waals surface area contributed by atoms with Gasteiger partial charge in [0.05, 0.1) is 11.8 Å². The Morgan fingerprint density at radius 3 is 2.90 bits per heavy atom. The molecule has 0 radical (unpaired) electrons. The van der Waals surface area contributed by atoms with Crippen molar-refractivity contribution in [3.8, 4) is 0 Å². The Balaban J connectivity index is 1.83. The molecule has 0 atom stereocenters. The van der Waals surface area contributed by atoms with Crippen molar-refractivity contribution in [1.82, 2.24) is 14.5 Å². The maximum atomic E-state index is 6.12. The Labute approximate surface area is 118 Å². The fourth-order valence-corrected chi connectivity index (χ4v) is 2.61. The van der Waals surface area contributed by atoms with Crippen LogP contribution in [0.1, 0.15) is 17.5 Å². The Morgan fingerprint density at radius 2 is 2.10 bits per heavy atom. The van der Waals surface area contributed by atoms with Crippen molar-refractivity contribution in [3.05, 3.63) is 54.1 Å². The van der Waals surface area contributed by atoms with E-state index < -0.39 is 0 Å². The fraction of sp³-hybridized carbons (Fsp3) is 0.250. The predicted molar refractivity (Wildman–Crippen MR) is 81.4 cm³/mol. The SMILES string of the molecule is Cc1c(CCCn2ccnc2)c(N)nc2ccccc12. The number of anilines is 1. The van der Waals surface area contributed by atoms with Crippen LogP contribution in [0.3, 0.4) is 0 Å². The van der Waals surface area contributed by atoms with Crippen LogP contribution in [0.5, 0.6) is 0 Å². The quantitative estimate of drug-likeness (QED) is 0.790. The highest BCUT2D eigenvalue weighted by Crippen LogP contribution is 2.25. The molecule has 3 rings (SSSR count). The monoisotopic (exact) mass is 266 g/mol. The molecule has 20 heavy (non-hydrogen) atoms. The first-order valence-corrected chi connectivity index (χ1v) is 6.85. The molecule has 102 valence electrons. The number of nitrogens with zero attached hydrogens (tertiary/aromatic N) is 3. The van der Waals surface area contributed by atoms with Crippen LogP contribution in [0.25, 0.3) is 10.9 Å². The van der Waals surface area contributed by atoms with E-state index in [1.165, 1.54) is 16.5 Å². The maximum absolute atomic E-state index is 6.12. The molecule has 0 aliphatic carbocycles. The molecule has 0 saturated heterocycles. The summed E-state index contributed by atoms with van der Waals surface area (Å²) in [4.78, 5) is 8.56. The maximum Gasteiger partial charge on any atom is 0.127 e. The van der Waals surface area contributed by atoms with Gasteiger partial charge in [-0.3, -0.25) is 0 Å². The van der Waals surface area contributed by atoms with Gasteiger partial charge in [-0.25, -0.2) is 9.97 Å². The number of aryl methyl sites for hydroxylation is 2. The van der Waals surface area contributed by atoms with E-state index in [1.54, 1.807) is 6.20 Å². The van der Waals surface area contributed by atoms with Gasteiger partial charge in [0.15, 0.2) is 0 Å². The Bertz CT molecular complexity index is 717. The van der Waals surface area contributed by atoms with E-state index in [4.69, 9.17) is 5.73 Å². The smallest absolute Gasteiger partial charge is 0.127 e. The van der Waals surface area contributed by atoms with Crippen molar-refractivity contribution in [3.63, 3.8) is 0 Å². The second kappa shape index (κ2) is 5.33. The van der Waals surface area contributed by atoms with Crippen molar-refractivity contribution < 1.29 is 0 Å². The lowest BCUT2D eigenvalue weighted by Crippen LogP contribution is -2.04. The topological polar surface area (TPSA) is 56.7 Å². The van der Waals surface area contributed by atoms with Gasteiger partial charge in [-0.05, 0) is 37.0 Å². The highest BCUT2D eigenvalue weighted by Gasteiger charge is 2.09. The average molecular weight is 266 g/mol. The summed E-state index contributed by atoms with van der Waals surface area (Å²) in [6.07, 6.45) is 7.59. The summed E-state index contributed by atoms with van der Waals surface area (Å²) in [5.74, 6) is 0.659. The van der Waals surface area contributed by atoms with Crippen LogP contribution in [-0.2, 0) is 13.0 Å². The lowest BCUT2D eigenvalue weighted by Gasteiger charge is -2.12. The van der Waals surface area contributed by atoms with Gasteiger partial charge in [-0.1, -0.05) is 18.2 Å². The van der Waals surface area contributed by atoms with Crippen LogP contribution in [0.2, 0.25) is 0 Å². The number of nitrogens with two attached hydrogens (primary N) is 1. The van der Waals surface area contributed by atoms with E-state index >= 15 is 0 Å². The molecule has 2 N–H and O–H groups in total. The highest BCUT2D eigenvalue weighted by atomic mass is 15.0. The largest absolute Gasteiger partial charge is 0.383 e. The third-order valence-corrected chi connectivity index (χ3v) is 3.71. The standard InChI is InChI=1S/C16H18N4/c1-12-13-5-2-3-7-15(13)19-16(17)14(12)6-4-9-20-10-8-18-11-20/h2-3,5,7-8,10-11H,4,6,9H2,1H3,(H2,17,19). The van der Waals surface area contributed by atoms with Gasteiger partial charge in [0.2, 0.25) is 0 Å². The molecule has 4 heteroatoms. The minimum absolute atomic E-state index is 0.659. The van der Waals surface area contributed by atoms with Gasteiger partial charge < -0.3 is 10.3 Å². The number of benzene rings is 1. The molecule has 0 spiro atoms. The van der Waals surface area contributed by atoms with Crippen LogP contribution in [-0.4, -0.2) is 14.5 Å². The molecule has 4 nitrogen and oxygen atoms in total. The minimum Gasteiger partial charge on any atom is -0.383 e. The first-order valence-electron chi connectivity index (χ1n) is 6.85. The molecule has 2 aromatic heterocycles. The lowest BCUT2D eigenvalue weighted by atomic mass is 10.0. The number of nitrogen functional groups attached to an aromatic ring is 1. The van der Waals surface area contributed by atoms with Gasteiger partial charge in [0, 0.05) is 24.3 Å². The minimum atomic E-state index is 0.659. The summed E-state index contributed by atoms with van der Waals surface area (Å²) < 4.78 is 2.08. The molecular weight excluding hydrogens is 248 g/mol. The molecule has 0 unspecified atom stereocenters. The molecule has 0 aliphatic heterocycles. The summed E-state index contributed by atoms with van der Waals surface area (Å²) in [6, 6.07) is 8.15. The van der Waals surface area contributed by atoms with Gasteiger partial charge >= 0.3 is 0 Å². The molecule has 1 aromatic carbocycles. The number of imidazole rings is 1. The van der Waals surface area contributed by atoms with E-state index in [0.29, 0.717) is 5.82 Å². The van der Waals surface area contributed by atoms with Crippen LogP contribution < -0.4 is 5.73 Å². The lowest BCUT2D eigenvalue weighted by molar-refractivity contribution is 0.641. The summed E-state index contributed by atoms with van der Waals surface area (Å²) in [6.45, 7) is 3.08. The van der Waals surface area contributed by atoms with Crippen molar-refractivity contribution in [2.75, 3.05) is 5.73 Å². The Morgan fingerprint density at radius 1 is 1.25 bits per heavy atom. The van der Waals surface area contributed by atoms with Gasteiger partial charge in [0.25, 0.3) is 0 Å². The van der Waals surface area contributed by atoms with Crippen molar-refractivity contribution in [2.45, 2.75) is 26.3 Å². The Hall–Kier alpha value is -2.36. The third kappa shape index (κ3) is 2.37. The first kappa shape index (κ1) is 12.7.